The van der Waals surface area contributed by atoms with E-state index in [0.29, 0.717) is 76.0 Å². The molecule has 0 amide bonds. The number of piperazine rings is 1. The first-order chi connectivity index (χ1) is 26.4. The normalized spacial score (nSPS) is 20.2. The highest BCUT2D eigenvalue weighted by molar-refractivity contribution is 6.18. The number of alkyl halides is 5. The van der Waals surface area contributed by atoms with Gasteiger partial charge in [0.25, 0.3) is 5.92 Å². The van der Waals surface area contributed by atoms with Crippen molar-refractivity contribution in [1.82, 2.24) is 29.5 Å². The van der Waals surface area contributed by atoms with E-state index in [4.69, 9.17) is 21.5 Å². The molecule has 1 saturated carbocycles. The number of aromatic nitrogens is 4. The van der Waals surface area contributed by atoms with Gasteiger partial charge in [-0.3, -0.25) is 4.68 Å². The van der Waals surface area contributed by atoms with Crippen LogP contribution in [-0.4, -0.2) is 87.5 Å². The van der Waals surface area contributed by atoms with E-state index in [1.165, 1.54) is 6.07 Å². The van der Waals surface area contributed by atoms with Crippen molar-refractivity contribution < 1.29 is 30.7 Å². The second kappa shape index (κ2) is 14.6. The van der Waals surface area contributed by atoms with E-state index in [-0.39, 0.29) is 47.5 Å². The molecule has 14 heteroatoms. The van der Waals surface area contributed by atoms with Gasteiger partial charge in [-0.1, -0.05) is 37.6 Å². The molecular formula is C42H44F7N7. The third-order valence-electron chi connectivity index (χ3n) is 11.0. The van der Waals surface area contributed by atoms with E-state index in [2.05, 4.69) is 22.3 Å². The van der Waals surface area contributed by atoms with Crippen molar-refractivity contribution in [2.24, 2.45) is 13.0 Å². The molecule has 3 atom stereocenters. The lowest BCUT2D eigenvalue weighted by Gasteiger charge is -2.44. The molecule has 2 saturated heterocycles. The van der Waals surface area contributed by atoms with Crippen molar-refractivity contribution in [1.29, 1.82) is 0 Å². The Kier molecular flexibility index (Phi) is 10.2. The maximum atomic E-state index is 17.3. The summed E-state index contributed by atoms with van der Waals surface area (Å²) < 4.78 is 97.2. The molecule has 0 N–H and O–H groups in total. The summed E-state index contributed by atoms with van der Waals surface area (Å²) in [4.78, 5) is 15.6. The zero-order chi connectivity index (χ0) is 40.4. The number of allylic oxidation sites excluding steroid dienone is 1. The van der Waals surface area contributed by atoms with Gasteiger partial charge in [0, 0.05) is 92.2 Å². The van der Waals surface area contributed by atoms with Gasteiger partial charge in [-0.15, -0.1) is 6.42 Å². The average molecular weight is 780 g/mol. The number of rotatable bonds is 8. The molecule has 0 spiro atoms. The van der Waals surface area contributed by atoms with Crippen molar-refractivity contribution in [2.75, 3.05) is 38.6 Å². The van der Waals surface area contributed by atoms with Crippen molar-refractivity contribution in [3.05, 3.63) is 71.3 Å². The fraction of sp³-hybridized carbons (Fsp3) is 0.452. The first-order valence-electron chi connectivity index (χ1n) is 18.8. The third-order valence-corrected chi connectivity index (χ3v) is 11.0. The fourth-order valence-electron chi connectivity index (χ4n) is 8.46. The molecule has 3 fully saturated rings. The van der Waals surface area contributed by atoms with Crippen LogP contribution in [0.4, 0.5) is 36.6 Å². The van der Waals surface area contributed by atoms with Crippen LogP contribution in [0.1, 0.15) is 56.0 Å². The number of nitrogens with zero attached hydrogens (tertiary/aromatic N) is 7. The second-order valence-electron chi connectivity index (χ2n) is 15.6. The highest BCUT2D eigenvalue weighted by Crippen LogP contribution is 2.49. The summed E-state index contributed by atoms with van der Waals surface area (Å²) in [5.74, 6) is -0.402. The van der Waals surface area contributed by atoms with E-state index in [1.807, 2.05) is 40.2 Å². The van der Waals surface area contributed by atoms with Gasteiger partial charge in [0.05, 0.1) is 10.9 Å². The molecule has 0 radical (unpaired) electrons. The van der Waals surface area contributed by atoms with Crippen molar-refractivity contribution >= 4 is 38.4 Å². The summed E-state index contributed by atoms with van der Waals surface area (Å²) in [7, 11) is 5.38. The lowest BCUT2D eigenvalue weighted by Crippen LogP contribution is -2.53. The van der Waals surface area contributed by atoms with E-state index >= 15 is 8.78 Å². The number of hydrogen-bond donors (Lipinski definition) is 0. The number of aryl methyl sites for hydroxylation is 3. The maximum absolute atomic E-state index is 17.3. The lowest BCUT2D eigenvalue weighted by atomic mass is 9.90. The van der Waals surface area contributed by atoms with Crippen molar-refractivity contribution in [2.45, 2.75) is 76.6 Å². The molecular weight excluding hydrogens is 735 g/mol. The predicted octanol–water partition coefficient (Wildman–Crippen LogP) is 9.18. The average Bonchev–Trinajstić information content (AvgIpc) is 3.38. The van der Waals surface area contributed by atoms with Crippen LogP contribution in [0.3, 0.4) is 0 Å². The molecule has 2 bridgehead atoms. The Bertz CT molecular complexity index is 2380. The minimum Gasteiger partial charge on any atom is -0.366 e. The lowest BCUT2D eigenvalue weighted by molar-refractivity contribution is -0.134. The summed E-state index contributed by atoms with van der Waals surface area (Å²) in [5, 5.41) is 6.95. The Balaban J connectivity index is 0.000000471. The van der Waals surface area contributed by atoms with Crippen LogP contribution >= 0.6 is 0 Å². The first-order valence-corrected chi connectivity index (χ1v) is 18.8. The molecule has 3 aromatic carbocycles. The number of terminal acetylenes is 1. The predicted molar refractivity (Wildman–Crippen MR) is 206 cm³/mol. The summed E-state index contributed by atoms with van der Waals surface area (Å²) >= 11 is 0. The van der Waals surface area contributed by atoms with Gasteiger partial charge in [0.1, 0.15) is 28.5 Å². The molecule has 2 aliphatic heterocycles. The van der Waals surface area contributed by atoms with Crippen molar-refractivity contribution in [3.8, 4) is 23.5 Å². The SMILES string of the molecule is C#Cc1c(F)ccc2cc(C)cc(-c3c(F)c4nc(CC)nc(N5CC6CCC(C5)N6C(=C)CCC(F)(F)F)c4c4cn(C)nc34)c12.CN(C)CC1CC1(F)F. The smallest absolute Gasteiger partial charge is 0.366 e. The van der Waals surface area contributed by atoms with Crippen LogP contribution < -0.4 is 4.90 Å². The number of anilines is 1. The van der Waals surface area contributed by atoms with Crippen LogP contribution in [-0.2, 0) is 13.5 Å². The van der Waals surface area contributed by atoms with E-state index in [9.17, 15) is 22.0 Å². The fourth-order valence-corrected chi connectivity index (χ4v) is 8.46. The summed E-state index contributed by atoms with van der Waals surface area (Å²) in [6, 6.07) is 6.54. The molecule has 296 valence electrons. The zero-order valence-corrected chi connectivity index (χ0v) is 32.0. The van der Waals surface area contributed by atoms with Crippen LogP contribution in [0, 0.1) is 36.8 Å². The minimum atomic E-state index is -4.25. The van der Waals surface area contributed by atoms with Crippen molar-refractivity contribution in [3.63, 3.8) is 0 Å². The molecule has 8 rings (SSSR count). The van der Waals surface area contributed by atoms with Gasteiger partial charge in [-0.25, -0.2) is 27.5 Å². The first kappa shape index (κ1) is 39.3. The molecule has 2 aromatic heterocycles. The molecule has 3 unspecified atom stereocenters. The Morgan fingerprint density at radius 3 is 2.30 bits per heavy atom. The van der Waals surface area contributed by atoms with Gasteiger partial charge in [-0.2, -0.15) is 18.3 Å². The van der Waals surface area contributed by atoms with Gasteiger partial charge >= 0.3 is 6.18 Å². The van der Waals surface area contributed by atoms with Gasteiger partial charge in [0.15, 0.2) is 5.82 Å². The highest BCUT2D eigenvalue weighted by atomic mass is 19.4. The summed E-state index contributed by atoms with van der Waals surface area (Å²) in [5.41, 5.74) is 2.49. The summed E-state index contributed by atoms with van der Waals surface area (Å²) in [6.45, 7) is 9.32. The second-order valence-corrected chi connectivity index (χ2v) is 15.6. The minimum absolute atomic E-state index is 0.0452. The van der Waals surface area contributed by atoms with E-state index in [1.54, 1.807) is 28.8 Å². The van der Waals surface area contributed by atoms with Gasteiger partial charge in [-0.05, 0) is 62.9 Å². The molecule has 1 aliphatic carbocycles. The highest BCUT2D eigenvalue weighted by Gasteiger charge is 2.56. The maximum Gasteiger partial charge on any atom is 0.389 e. The monoisotopic (exact) mass is 779 g/mol. The molecule has 3 aliphatic rings. The van der Waals surface area contributed by atoms with Gasteiger partial charge in [0.2, 0.25) is 0 Å². The molecule has 5 aromatic rings. The Hall–Kier alpha value is -4.90. The van der Waals surface area contributed by atoms with Gasteiger partial charge < -0.3 is 14.7 Å². The largest absolute Gasteiger partial charge is 0.389 e. The Morgan fingerprint density at radius 1 is 1.05 bits per heavy atom. The molecule has 56 heavy (non-hydrogen) atoms. The van der Waals surface area contributed by atoms with Crippen LogP contribution in [0.25, 0.3) is 43.7 Å². The Labute approximate surface area is 321 Å². The quantitative estimate of drug-likeness (QED) is 0.116. The molecule has 4 heterocycles. The number of benzene rings is 3. The van der Waals surface area contributed by atoms with Crippen LogP contribution in [0.15, 0.2) is 42.7 Å². The Morgan fingerprint density at radius 2 is 1.73 bits per heavy atom. The number of fused-ring (bicyclic) bond motifs is 6. The number of halogens is 7. The number of hydrogen-bond acceptors (Lipinski definition) is 6. The zero-order valence-electron chi connectivity index (χ0n) is 32.0. The van der Waals surface area contributed by atoms with Crippen LogP contribution in [0.5, 0.6) is 0 Å². The van der Waals surface area contributed by atoms with E-state index < -0.39 is 30.2 Å². The van der Waals surface area contributed by atoms with E-state index in [0.717, 1.165) is 18.4 Å². The molecule has 7 nitrogen and oxygen atoms in total. The van der Waals surface area contributed by atoms with Crippen LogP contribution in [0.2, 0.25) is 0 Å². The topological polar surface area (TPSA) is 53.3 Å². The summed E-state index contributed by atoms with van der Waals surface area (Å²) in [6.07, 6.45) is 4.46. The third kappa shape index (κ3) is 7.38. The standard InChI is InChI=1S/C36H33F5N6.C6H11F2N/c1-6-24-27(37)11-8-21-14-19(3)15-25(29(21)24)30-32(38)34-31(26-18-45(5)44-33(26)30)35(43-28(7-2)42-34)46-16-22-9-10-23(17-46)47(22)20(4)12-13-36(39,40)41;1-9(2)4-5-3-6(5,7)8/h1,8,11,14-15,18,22-23H,4,7,9-10,12-13,16-17H2,2-3,5H3;5H,3-4H2,1-2H3.